The van der Waals surface area contributed by atoms with Crippen molar-refractivity contribution in [1.82, 2.24) is 4.90 Å². The van der Waals surface area contributed by atoms with E-state index in [0.717, 1.165) is 25.1 Å². The van der Waals surface area contributed by atoms with Crippen LogP contribution in [0.25, 0.3) is 11.1 Å². The summed E-state index contributed by atoms with van der Waals surface area (Å²) in [6, 6.07) is 30.0. The highest BCUT2D eigenvalue weighted by Crippen LogP contribution is 2.35. The van der Waals surface area contributed by atoms with Crippen molar-refractivity contribution in [3.63, 3.8) is 0 Å². The zero-order chi connectivity index (χ0) is 20.5. The Hall–Kier alpha value is -2.84. The van der Waals surface area contributed by atoms with Crippen LogP contribution in [-0.2, 0) is 0 Å². The van der Waals surface area contributed by atoms with Crippen LogP contribution in [0, 0.1) is 0 Å². The van der Waals surface area contributed by atoms with Crippen LogP contribution >= 0.6 is 0 Å². The second-order valence-electron chi connectivity index (χ2n) is 7.51. The summed E-state index contributed by atoms with van der Waals surface area (Å²) >= 11 is 0. The maximum absolute atomic E-state index is 5.89. The highest BCUT2D eigenvalue weighted by molar-refractivity contribution is 5.98. The molecule has 0 aliphatic carbocycles. The van der Waals surface area contributed by atoms with Crippen molar-refractivity contribution in [1.29, 1.82) is 0 Å². The molecule has 0 aliphatic rings. The van der Waals surface area contributed by atoms with Gasteiger partial charge >= 0.3 is 0 Å². The number of benzene rings is 3. The minimum absolute atomic E-state index is 0.693. The lowest BCUT2D eigenvalue weighted by Crippen LogP contribution is -2.19. The molecule has 150 valence electrons. The van der Waals surface area contributed by atoms with Gasteiger partial charge in [0.15, 0.2) is 0 Å². The van der Waals surface area contributed by atoms with Crippen molar-refractivity contribution in [2.75, 3.05) is 27.2 Å². The minimum atomic E-state index is 0.693. The highest BCUT2D eigenvalue weighted by atomic mass is 16.5. The predicted molar refractivity (Wildman–Crippen MR) is 124 cm³/mol. The monoisotopic (exact) mass is 385 g/mol. The number of rotatable bonds is 9. The van der Waals surface area contributed by atoms with E-state index in [4.69, 9.17) is 4.74 Å². The van der Waals surface area contributed by atoms with E-state index in [9.17, 15) is 0 Å². The van der Waals surface area contributed by atoms with E-state index < -0.39 is 0 Å². The van der Waals surface area contributed by atoms with Gasteiger partial charge in [-0.05, 0) is 60.5 Å². The molecule has 0 fully saturated rings. The van der Waals surface area contributed by atoms with E-state index in [1.54, 1.807) is 0 Å². The van der Waals surface area contributed by atoms with Gasteiger partial charge < -0.3 is 9.64 Å². The van der Waals surface area contributed by atoms with Crippen LogP contribution in [0.2, 0.25) is 0 Å². The summed E-state index contributed by atoms with van der Waals surface area (Å²) in [5.74, 6) is 0.916. The molecule has 2 nitrogen and oxygen atoms in total. The zero-order valence-electron chi connectivity index (χ0n) is 17.8. The van der Waals surface area contributed by atoms with Crippen molar-refractivity contribution in [3.05, 3.63) is 102 Å². The van der Waals surface area contributed by atoms with Gasteiger partial charge in [-0.15, -0.1) is 0 Å². The summed E-state index contributed by atoms with van der Waals surface area (Å²) in [6.45, 7) is 3.84. The van der Waals surface area contributed by atoms with Gasteiger partial charge in [0.1, 0.15) is 12.4 Å². The SMILES string of the molecule is CCC/C(=C(\c1ccccc1)c1ccc(OCCN(C)C)cc1)c1ccccc1. The molecule has 0 bridgehead atoms. The quantitative estimate of drug-likeness (QED) is 0.396. The Kier molecular flexibility index (Phi) is 7.66. The average molecular weight is 386 g/mol. The van der Waals surface area contributed by atoms with Gasteiger partial charge in [0, 0.05) is 6.54 Å². The van der Waals surface area contributed by atoms with Crippen LogP contribution in [0.15, 0.2) is 84.9 Å². The summed E-state index contributed by atoms with van der Waals surface area (Å²) < 4.78 is 5.89. The Bertz CT molecular complexity index is 896. The van der Waals surface area contributed by atoms with Gasteiger partial charge in [-0.1, -0.05) is 86.1 Å². The van der Waals surface area contributed by atoms with Gasteiger partial charge in [-0.2, -0.15) is 0 Å². The molecule has 0 saturated heterocycles. The van der Waals surface area contributed by atoms with E-state index in [1.807, 2.05) is 0 Å². The van der Waals surface area contributed by atoms with Gasteiger partial charge in [0.2, 0.25) is 0 Å². The van der Waals surface area contributed by atoms with Crippen LogP contribution in [0.5, 0.6) is 5.75 Å². The molecule has 0 amide bonds. The van der Waals surface area contributed by atoms with Crippen LogP contribution in [0.1, 0.15) is 36.5 Å². The van der Waals surface area contributed by atoms with Crippen LogP contribution in [0.4, 0.5) is 0 Å². The fourth-order valence-electron chi connectivity index (χ4n) is 3.49. The molecule has 29 heavy (non-hydrogen) atoms. The summed E-state index contributed by atoms with van der Waals surface area (Å²) in [4.78, 5) is 2.13. The Morgan fingerprint density at radius 3 is 1.83 bits per heavy atom. The minimum Gasteiger partial charge on any atom is -0.492 e. The van der Waals surface area contributed by atoms with E-state index in [1.165, 1.54) is 27.8 Å². The van der Waals surface area contributed by atoms with Crippen LogP contribution < -0.4 is 4.74 Å². The topological polar surface area (TPSA) is 12.5 Å². The summed E-state index contributed by atoms with van der Waals surface area (Å²) in [5, 5.41) is 0. The fraction of sp³-hybridized carbons (Fsp3) is 0.259. The Balaban J connectivity index is 2.02. The third-order valence-electron chi connectivity index (χ3n) is 4.94. The third kappa shape index (κ3) is 5.82. The normalized spacial score (nSPS) is 12.0. The number of nitrogens with zero attached hydrogens (tertiary/aromatic N) is 1. The van der Waals surface area contributed by atoms with Gasteiger partial charge in [0.25, 0.3) is 0 Å². The van der Waals surface area contributed by atoms with Gasteiger partial charge in [-0.25, -0.2) is 0 Å². The molecule has 3 rings (SSSR count). The van der Waals surface area contributed by atoms with Crippen molar-refractivity contribution >= 4 is 11.1 Å². The number of hydrogen-bond donors (Lipinski definition) is 0. The van der Waals surface area contributed by atoms with E-state index in [0.29, 0.717) is 6.61 Å². The van der Waals surface area contributed by atoms with E-state index >= 15 is 0 Å². The second kappa shape index (κ2) is 10.6. The molecule has 0 radical (unpaired) electrons. The zero-order valence-corrected chi connectivity index (χ0v) is 17.8. The third-order valence-corrected chi connectivity index (χ3v) is 4.94. The molecule has 0 saturated carbocycles. The molecule has 0 heterocycles. The van der Waals surface area contributed by atoms with Crippen molar-refractivity contribution in [3.8, 4) is 5.75 Å². The number of ether oxygens (including phenoxy) is 1. The van der Waals surface area contributed by atoms with Gasteiger partial charge in [0.05, 0.1) is 0 Å². The van der Waals surface area contributed by atoms with Gasteiger partial charge in [-0.3, -0.25) is 0 Å². The highest BCUT2D eigenvalue weighted by Gasteiger charge is 2.13. The molecule has 3 aromatic rings. The predicted octanol–water partition coefficient (Wildman–Crippen LogP) is 6.39. The average Bonchev–Trinajstić information content (AvgIpc) is 2.75. The Labute approximate surface area is 175 Å². The number of hydrogen-bond acceptors (Lipinski definition) is 2. The first-order chi connectivity index (χ1) is 14.2. The largest absolute Gasteiger partial charge is 0.492 e. The first-order valence-electron chi connectivity index (χ1n) is 10.4. The smallest absolute Gasteiger partial charge is 0.119 e. The molecule has 0 N–H and O–H groups in total. The van der Waals surface area contributed by atoms with E-state index in [2.05, 4.69) is 111 Å². The maximum Gasteiger partial charge on any atom is 0.119 e. The molecule has 0 aliphatic heterocycles. The van der Waals surface area contributed by atoms with Crippen LogP contribution in [0.3, 0.4) is 0 Å². The maximum atomic E-state index is 5.89. The Morgan fingerprint density at radius 1 is 0.724 bits per heavy atom. The number of allylic oxidation sites excluding steroid dienone is 1. The first-order valence-corrected chi connectivity index (χ1v) is 10.4. The second-order valence-corrected chi connectivity index (χ2v) is 7.51. The molecular formula is C27H31NO. The molecule has 0 spiro atoms. The fourth-order valence-corrected chi connectivity index (χ4v) is 3.49. The summed E-state index contributed by atoms with van der Waals surface area (Å²) in [7, 11) is 4.12. The molecule has 0 unspecified atom stereocenters. The molecule has 0 atom stereocenters. The molecule has 3 aromatic carbocycles. The van der Waals surface area contributed by atoms with Crippen molar-refractivity contribution < 1.29 is 4.74 Å². The number of likely N-dealkylation sites (N-methyl/N-ethyl adjacent to an activating group) is 1. The first kappa shape index (κ1) is 20.9. The lowest BCUT2D eigenvalue weighted by molar-refractivity contribution is 0.261. The summed E-state index contributed by atoms with van der Waals surface area (Å²) in [5.41, 5.74) is 6.46. The molecular weight excluding hydrogens is 354 g/mol. The Morgan fingerprint density at radius 2 is 1.28 bits per heavy atom. The lowest BCUT2D eigenvalue weighted by Gasteiger charge is -2.18. The molecule has 0 aromatic heterocycles. The van der Waals surface area contributed by atoms with Crippen molar-refractivity contribution in [2.24, 2.45) is 0 Å². The standard InChI is InChI=1S/C27H31NO/c1-4-11-26(22-12-7-5-8-13-22)27(23-14-9-6-10-15-23)24-16-18-25(19-17-24)29-21-20-28(2)3/h5-10,12-19H,4,11,20-21H2,1-3H3/b27-26-. The van der Waals surface area contributed by atoms with Crippen LogP contribution in [-0.4, -0.2) is 32.1 Å². The molecule has 2 heteroatoms. The summed E-state index contributed by atoms with van der Waals surface area (Å²) in [6.07, 6.45) is 2.14. The van der Waals surface area contributed by atoms with Crippen molar-refractivity contribution in [2.45, 2.75) is 19.8 Å². The van der Waals surface area contributed by atoms with E-state index in [-0.39, 0.29) is 0 Å². The lowest BCUT2D eigenvalue weighted by atomic mass is 9.87.